The number of carboxylic acids is 1. The Bertz CT molecular complexity index is 233. The lowest BCUT2D eigenvalue weighted by molar-refractivity contribution is -0.137. The van der Waals surface area contributed by atoms with Gasteiger partial charge >= 0.3 is 5.97 Å². The minimum Gasteiger partial charge on any atom is -0.481 e. The molecule has 0 aromatic carbocycles. The first-order valence-corrected chi connectivity index (χ1v) is 6.72. The summed E-state index contributed by atoms with van der Waals surface area (Å²) in [5.74, 6) is -0.0845. The van der Waals surface area contributed by atoms with E-state index in [1.54, 1.807) is 0 Å². The van der Waals surface area contributed by atoms with Crippen LogP contribution in [0.25, 0.3) is 0 Å². The highest BCUT2D eigenvalue weighted by Gasteiger charge is 2.26. The van der Waals surface area contributed by atoms with Gasteiger partial charge in [0.2, 0.25) is 0 Å². The van der Waals surface area contributed by atoms with E-state index in [-0.39, 0.29) is 13.0 Å². The van der Waals surface area contributed by atoms with E-state index in [2.05, 4.69) is 11.8 Å². The number of aliphatic hydroxyl groups excluding tert-OH is 1. The van der Waals surface area contributed by atoms with Crippen LogP contribution in [-0.2, 0) is 4.79 Å². The van der Waals surface area contributed by atoms with Crippen LogP contribution in [0.3, 0.4) is 0 Å². The van der Waals surface area contributed by atoms with Crippen molar-refractivity contribution in [2.24, 2.45) is 5.92 Å². The molecule has 1 fully saturated rings. The molecule has 1 aliphatic rings. The Balaban J connectivity index is 2.49. The number of carboxylic acid groups (broad SMARTS) is 1. The summed E-state index contributed by atoms with van der Waals surface area (Å²) in [5.41, 5.74) is 0. The van der Waals surface area contributed by atoms with Gasteiger partial charge in [-0.3, -0.25) is 9.69 Å². The van der Waals surface area contributed by atoms with Gasteiger partial charge in [-0.25, -0.2) is 0 Å². The average molecular weight is 243 g/mol. The molecule has 0 aromatic heterocycles. The molecule has 1 saturated carbocycles. The Morgan fingerprint density at radius 1 is 1.29 bits per heavy atom. The summed E-state index contributed by atoms with van der Waals surface area (Å²) in [4.78, 5) is 12.9. The number of carbonyl (C=O) groups is 1. The number of nitrogens with zero attached hydrogens (tertiary/aromatic N) is 1. The molecule has 1 rings (SSSR count). The maximum absolute atomic E-state index is 10.7. The fraction of sp³-hybridized carbons (Fsp3) is 0.923. The van der Waals surface area contributed by atoms with Crippen molar-refractivity contribution in [2.45, 2.75) is 51.5 Å². The number of rotatable bonds is 7. The summed E-state index contributed by atoms with van der Waals surface area (Å²) < 4.78 is 0. The summed E-state index contributed by atoms with van der Waals surface area (Å²) in [6, 6.07) is 0.509. The smallest absolute Gasteiger partial charge is 0.304 e. The van der Waals surface area contributed by atoms with Crippen LogP contribution in [0.4, 0.5) is 0 Å². The lowest BCUT2D eigenvalue weighted by Gasteiger charge is -2.38. The lowest BCUT2D eigenvalue weighted by Crippen LogP contribution is -2.43. The molecule has 17 heavy (non-hydrogen) atoms. The first-order valence-electron chi connectivity index (χ1n) is 6.72. The van der Waals surface area contributed by atoms with Crippen LogP contribution < -0.4 is 0 Å². The fourth-order valence-corrected chi connectivity index (χ4v) is 2.80. The van der Waals surface area contributed by atoms with Crippen molar-refractivity contribution < 1.29 is 15.0 Å². The van der Waals surface area contributed by atoms with Crippen molar-refractivity contribution in [1.29, 1.82) is 0 Å². The highest BCUT2D eigenvalue weighted by molar-refractivity contribution is 5.66. The van der Waals surface area contributed by atoms with E-state index in [1.807, 2.05) is 0 Å². The second-order valence-electron chi connectivity index (χ2n) is 5.09. The molecule has 4 heteroatoms. The van der Waals surface area contributed by atoms with E-state index in [1.165, 1.54) is 25.7 Å². The third-order valence-electron chi connectivity index (χ3n) is 3.75. The molecular formula is C13H25NO3. The molecule has 0 aliphatic heterocycles. The Hall–Kier alpha value is -0.610. The lowest BCUT2D eigenvalue weighted by atomic mass is 9.84. The van der Waals surface area contributed by atoms with E-state index in [0.29, 0.717) is 18.5 Å². The SMILES string of the molecule is CC1CCCCC1N(CCCO)CCC(=O)O. The molecule has 0 saturated heterocycles. The van der Waals surface area contributed by atoms with Gasteiger partial charge in [0.15, 0.2) is 0 Å². The number of hydrogen-bond acceptors (Lipinski definition) is 3. The molecule has 0 radical (unpaired) electrons. The first-order chi connectivity index (χ1) is 8.15. The molecular weight excluding hydrogens is 218 g/mol. The number of aliphatic carboxylic acids is 1. The van der Waals surface area contributed by atoms with Gasteiger partial charge in [-0.15, -0.1) is 0 Å². The number of aliphatic hydroxyl groups is 1. The predicted octanol–water partition coefficient (Wildman–Crippen LogP) is 1.72. The van der Waals surface area contributed by atoms with Crippen LogP contribution in [0.5, 0.6) is 0 Å². The molecule has 4 nitrogen and oxygen atoms in total. The van der Waals surface area contributed by atoms with Crippen molar-refractivity contribution >= 4 is 5.97 Å². The molecule has 0 aromatic rings. The summed E-state index contributed by atoms with van der Waals surface area (Å²) in [6.07, 6.45) is 5.90. The number of hydrogen-bond donors (Lipinski definition) is 2. The maximum atomic E-state index is 10.7. The van der Waals surface area contributed by atoms with E-state index < -0.39 is 5.97 Å². The second kappa shape index (κ2) is 7.67. The highest BCUT2D eigenvalue weighted by Crippen LogP contribution is 2.28. The van der Waals surface area contributed by atoms with Crippen LogP contribution >= 0.6 is 0 Å². The second-order valence-corrected chi connectivity index (χ2v) is 5.09. The summed E-state index contributed by atoms with van der Waals surface area (Å²) in [5, 5.41) is 17.7. The third kappa shape index (κ3) is 5.04. The fourth-order valence-electron chi connectivity index (χ4n) is 2.80. The van der Waals surface area contributed by atoms with Gasteiger partial charge in [-0.05, 0) is 25.2 Å². The van der Waals surface area contributed by atoms with Gasteiger partial charge in [0.25, 0.3) is 0 Å². The predicted molar refractivity (Wildman–Crippen MR) is 66.9 cm³/mol. The Morgan fingerprint density at radius 2 is 2.00 bits per heavy atom. The molecule has 0 amide bonds. The molecule has 0 spiro atoms. The monoisotopic (exact) mass is 243 g/mol. The van der Waals surface area contributed by atoms with E-state index >= 15 is 0 Å². The zero-order valence-electron chi connectivity index (χ0n) is 10.8. The third-order valence-corrected chi connectivity index (χ3v) is 3.75. The zero-order chi connectivity index (χ0) is 12.7. The van der Waals surface area contributed by atoms with Gasteiger partial charge in [0.05, 0.1) is 6.42 Å². The van der Waals surface area contributed by atoms with Gasteiger partial charge in [-0.1, -0.05) is 19.8 Å². The quantitative estimate of drug-likeness (QED) is 0.715. The van der Waals surface area contributed by atoms with Crippen molar-refractivity contribution in [3.8, 4) is 0 Å². The van der Waals surface area contributed by atoms with Crippen LogP contribution in [0.15, 0.2) is 0 Å². The van der Waals surface area contributed by atoms with Gasteiger partial charge in [-0.2, -0.15) is 0 Å². The van der Waals surface area contributed by atoms with Gasteiger partial charge < -0.3 is 10.2 Å². The molecule has 2 atom stereocenters. The Labute approximate surface area is 104 Å². The molecule has 2 unspecified atom stereocenters. The largest absolute Gasteiger partial charge is 0.481 e. The van der Waals surface area contributed by atoms with Crippen LogP contribution in [0.1, 0.15) is 45.4 Å². The van der Waals surface area contributed by atoms with Crippen LogP contribution in [0.2, 0.25) is 0 Å². The molecule has 1 aliphatic carbocycles. The van der Waals surface area contributed by atoms with E-state index in [0.717, 1.165) is 13.0 Å². The molecule has 2 N–H and O–H groups in total. The maximum Gasteiger partial charge on any atom is 0.304 e. The Kier molecular flexibility index (Phi) is 6.52. The van der Waals surface area contributed by atoms with E-state index in [9.17, 15) is 4.79 Å². The highest BCUT2D eigenvalue weighted by atomic mass is 16.4. The molecule has 0 bridgehead atoms. The summed E-state index contributed by atoms with van der Waals surface area (Å²) in [7, 11) is 0. The van der Waals surface area contributed by atoms with Gasteiger partial charge in [0.1, 0.15) is 0 Å². The van der Waals surface area contributed by atoms with Crippen molar-refractivity contribution in [3.05, 3.63) is 0 Å². The van der Waals surface area contributed by atoms with E-state index in [4.69, 9.17) is 10.2 Å². The molecule has 0 heterocycles. The standard InChI is InChI=1S/C13H25NO3/c1-11-5-2-3-6-12(11)14(8-4-10-15)9-7-13(16)17/h11-12,15H,2-10H2,1H3,(H,16,17). The van der Waals surface area contributed by atoms with Crippen molar-refractivity contribution in [3.63, 3.8) is 0 Å². The van der Waals surface area contributed by atoms with Crippen molar-refractivity contribution in [1.82, 2.24) is 4.90 Å². The summed E-state index contributed by atoms with van der Waals surface area (Å²) >= 11 is 0. The van der Waals surface area contributed by atoms with Crippen LogP contribution in [0, 0.1) is 5.92 Å². The minimum absolute atomic E-state index is 0.185. The van der Waals surface area contributed by atoms with Gasteiger partial charge in [0, 0.05) is 25.7 Å². The zero-order valence-corrected chi connectivity index (χ0v) is 10.8. The minimum atomic E-state index is -0.734. The topological polar surface area (TPSA) is 60.8 Å². The molecule has 100 valence electrons. The first kappa shape index (κ1) is 14.5. The normalized spacial score (nSPS) is 25.1. The Morgan fingerprint density at radius 3 is 2.59 bits per heavy atom. The van der Waals surface area contributed by atoms with Crippen molar-refractivity contribution in [2.75, 3.05) is 19.7 Å². The average Bonchev–Trinajstić information content (AvgIpc) is 2.30. The van der Waals surface area contributed by atoms with Crippen LogP contribution in [-0.4, -0.2) is 46.8 Å². The summed E-state index contributed by atoms with van der Waals surface area (Å²) in [6.45, 7) is 3.88.